The van der Waals surface area contributed by atoms with Crippen molar-refractivity contribution in [3.05, 3.63) is 0 Å². The lowest BCUT2D eigenvalue weighted by molar-refractivity contribution is 0.125. The van der Waals surface area contributed by atoms with Crippen molar-refractivity contribution in [1.29, 1.82) is 0 Å². The molecular weight excluding hydrogens is 222 g/mol. The van der Waals surface area contributed by atoms with Crippen molar-refractivity contribution < 1.29 is 4.21 Å². The molecule has 5 heteroatoms. The van der Waals surface area contributed by atoms with E-state index in [1.54, 1.807) is 6.26 Å². The number of nitrogens with zero attached hydrogens (tertiary/aromatic N) is 1. The molecule has 16 heavy (non-hydrogen) atoms. The molecule has 1 unspecified atom stereocenters. The van der Waals surface area contributed by atoms with Crippen LogP contribution in [-0.2, 0) is 11.0 Å². The summed E-state index contributed by atoms with van der Waals surface area (Å²) >= 11 is 0. The van der Waals surface area contributed by atoms with E-state index in [4.69, 9.17) is 0 Å². The molecule has 0 aromatic heterocycles. The van der Waals surface area contributed by atoms with Crippen LogP contribution in [0, 0.1) is 0 Å². The molecule has 1 atom stereocenters. The van der Waals surface area contributed by atoms with E-state index in [0.29, 0.717) is 6.04 Å². The van der Waals surface area contributed by atoms with Gasteiger partial charge in [-0.3, -0.25) is 0 Å². The fourth-order valence-electron chi connectivity index (χ4n) is 2.79. The highest BCUT2D eigenvalue weighted by molar-refractivity contribution is 7.82. The average Bonchev–Trinajstić information content (AvgIpc) is 2.30. The van der Waals surface area contributed by atoms with Gasteiger partial charge in [-0.15, -0.1) is 0 Å². The molecule has 0 radical (unpaired) electrons. The Morgan fingerprint density at radius 2 is 1.81 bits per heavy atom. The lowest BCUT2D eigenvalue weighted by atomic mass is 9.99. The molecule has 2 saturated heterocycles. The molecule has 2 rings (SSSR count). The minimum atomic E-state index is -0.858. The Morgan fingerprint density at radius 1 is 1.19 bits per heavy atom. The third-order valence-corrected chi connectivity index (χ3v) is 4.35. The predicted molar refractivity (Wildman–Crippen MR) is 67.7 cm³/mol. The van der Waals surface area contributed by atoms with Crippen LogP contribution in [0.2, 0.25) is 0 Å². The molecule has 2 fully saturated rings. The smallest absolute Gasteiger partial charge is 0.0886 e. The number of hydrogen-bond acceptors (Lipinski definition) is 3. The van der Waals surface area contributed by atoms with E-state index in [1.807, 2.05) is 0 Å². The Labute approximate surface area is 101 Å². The maximum absolute atomic E-state index is 11.1. The van der Waals surface area contributed by atoms with Crippen LogP contribution in [0.1, 0.15) is 25.7 Å². The van der Waals surface area contributed by atoms with Crippen LogP contribution in [0.4, 0.5) is 0 Å². The van der Waals surface area contributed by atoms with Crippen LogP contribution in [0.25, 0.3) is 0 Å². The van der Waals surface area contributed by atoms with Gasteiger partial charge >= 0.3 is 0 Å². The molecule has 94 valence electrons. The summed E-state index contributed by atoms with van der Waals surface area (Å²) in [7, 11) is -0.858. The average molecular weight is 245 g/mol. The van der Waals surface area contributed by atoms with Crippen molar-refractivity contribution in [3.8, 4) is 0 Å². The Morgan fingerprint density at radius 3 is 2.38 bits per heavy atom. The summed E-state index contributed by atoms with van der Waals surface area (Å²) in [5, 5.41) is 3.41. The molecule has 4 nitrogen and oxygen atoms in total. The van der Waals surface area contributed by atoms with Gasteiger partial charge in [-0.25, -0.2) is 8.93 Å². The van der Waals surface area contributed by atoms with Crippen molar-refractivity contribution in [2.24, 2.45) is 0 Å². The molecule has 2 heterocycles. The first-order valence-electron chi connectivity index (χ1n) is 6.30. The zero-order valence-corrected chi connectivity index (χ0v) is 10.9. The van der Waals surface area contributed by atoms with Crippen molar-refractivity contribution in [2.45, 2.75) is 37.8 Å². The lowest BCUT2D eigenvalue weighted by Crippen LogP contribution is -2.49. The summed E-state index contributed by atoms with van der Waals surface area (Å²) in [6.07, 6.45) is 6.59. The molecular formula is C11H23N3OS. The SMILES string of the molecule is CS(=O)NC1CCN(C2CCNCC2)CC1. The minimum absolute atomic E-state index is 0.462. The highest BCUT2D eigenvalue weighted by atomic mass is 32.2. The van der Waals surface area contributed by atoms with Gasteiger partial charge in [0.15, 0.2) is 0 Å². The topological polar surface area (TPSA) is 44.4 Å². The molecule has 2 N–H and O–H groups in total. The predicted octanol–water partition coefficient (Wildman–Crippen LogP) is 0.0859. The van der Waals surface area contributed by atoms with Gasteiger partial charge in [-0.1, -0.05) is 0 Å². The summed E-state index contributed by atoms with van der Waals surface area (Å²) in [6, 6.07) is 1.25. The number of hydrogen-bond donors (Lipinski definition) is 2. The normalized spacial score (nSPS) is 28.1. The molecule has 0 amide bonds. The Bertz CT molecular complexity index is 235. The van der Waals surface area contributed by atoms with E-state index < -0.39 is 11.0 Å². The highest BCUT2D eigenvalue weighted by Gasteiger charge is 2.26. The van der Waals surface area contributed by atoms with E-state index in [1.165, 1.54) is 39.0 Å². The summed E-state index contributed by atoms with van der Waals surface area (Å²) in [5.41, 5.74) is 0. The second-order valence-corrected chi connectivity index (χ2v) is 6.01. The third kappa shape index (κ3) is 3.52. The van der Waals surface area contributed by atoms with Crippen LogP contribution >= 0.6 is 0 Å². The van der Waals surface area contributed by atoms with Gasteiger partial charge in [0.2, 0.25) is 0 Å². The zero-order chi connectivity index (χ0) is 11.4. The maximum Gasteiger partial charge on any atom is 0.0886 e. The van der Waals surface area contributed by atoms with Gasteiger partial charge in [0.05, 0.1) is 11.0 Å². The first-order chi connectivity index (χ1) is 7.75. The highest BCUT2D eigenvalue weighted by Crippen LogP contribution is 2.18. The van der Waals surface area contributed by atoms with Gasteiger partial charge in [0, 0.05) is 18.3 Å². The van der Waals surface area contributed by atoms with Crippen LogP contribution < -0.4 is 10.0 Å². The molecule has 2 aliphatic heterocycles. The Hall–Kier alpha value is 0.0300. The summed E-state index contributed by atoms with van der Waals surface area (Å²) in [4.78, 5) is 2.62. The fourth-order valence-corrected chi connectivity index (χ4v) is 3.49. The number of piperidine rings is 2. The van der Waals surface area contributed by atoms with Gasteiger partial charge in [0.1, 0.15) is 0 Å². The lowest BCUT2D eigenvalue weighted by Gasteiger charge is -2.39. The van der Waals surface area contributed by atoms with E-state index in [2.05, 4.69) is 14.9 Å². The summed E-state index contributed by atoms with van der Waals surface area (Å²) in [5.74, 6) is 0. The molecule has 0 aromatic rings. The molecule has 0 saturated carbocycles. The molecule has 0 bridgehead atoms. The van der Waals surface area contributed by atoms with Crippen LogP contribution in [0.5, 0.6) is 0 Å². The van der Waals surface area contributed by atoms with E-state index in [-0.39, 0.29) is 0 Å². The maximum atomic E-state index is 11.1. The largest absolute Gasteiger partial charge is 0.317 e. The first kappa shape index (κ1) is 12.5. The number of likely N-dealkylation sites (tertiary alicyclic amines) is 1. The van der Waals surface area contributed by atoms with E-state index in [0.717, 1.165) is 18.9 Å². The van der Waals surface area contributed by atoms with Crippen molar-refractivity contribution in [3.63, 3.8) is 0 Å². The first-order valence-corrected chi connectivity index (χ1v) is 7.86. The van der Waals surface area contributed by atoms with Gasteiger partial charge in [-0.05, 0) is 51.9 Å². The monoisotopic (exact) mass is 245 g/mol. The standard InChI is InChI=1S/C11H23N3OS/c1-16(15)13-10-4-8-14(9-5-10)11-2-6-12-7-3-11/h10-13H,2-9H2,1H3. The second-order valence-electron chi connectivity index (χ2n) is 4.86. The van der Waals surface area contributed by atoms with Gasteiger partial charge in [0.25, 0.3) is 0 Å². The Kier molecular flexibility index (Phi) is 4.76. The van der Waals surface area contributed by atoms with Crippen LogP contribution in [-0.4, -0.2) is 53.6 Å². The fraction of sp³-hybridized carbons (Fsp3) is 1.00. The second kappa shape index (κ2) is 6.10. The molecule has 0 aliphatic carbocycles. The third-order valence-electron chi connectivity index (χ3n) is 3.69. The Balaban J connectivity index is 1.73. The van der Waals surface area contributed by atoms with Crippen LogP contribution in [0.15, 0.2) is 0 Å². The van der Waals surface area contributed by atoms with Crippen molar-refractivity contribution in [1.82, 2.24) is 14.9 Å². The quantitative estimate of drug-likeness (QED) is 0.740. The molecule has 0 spiro atoms. The molecule has 0 aromatic carbocycles. The van der Waals surface area contributed by atoms with Crippen LogP contribution in [0.3, 0.4) is 0 Å². The van der Waals surface area contributed by atoms with Gasteiger partial charge in [-0.2, -0.15) is 0 Å². The van der Waals surface area contributed by atoms with E-state index in [9.17, 15) is 4.21 Å². The van der Waals surface area contributed by atoms with Crippen molar-refractivity contribution in [2.75, 3.05) is 32.4 Å². The summed E-state index contributed by atoms with van der Waals surface area (Å²) in [6.45, 7) is 4.67. The molecule has 2 aliphatic rings. The minimum Gasteiger partial charge on any atom is -0.317 e. The van der Waals surface area contributed by atoms with E-state index >= 15 is 0 Å². The van der Waals surface area contributed by atoms with Crippen molar-refractivity contribution >= 4 is 11.0 Å². The number of rotatable bonds is 3. The number of nitrogens with one attached hydrogen (secondary N) is 2. The van der Waals surface area contributed by atoms with Gasteiger partial charge < -0.3 is 10.2 Å². The summed E-state index contributed by atoms with van der Waals surface area (Å²) < 4.78 is 14.2. The zero-order valence-electron chi connectivity index (χ0n) is 10.1.